The van der Waals surface area contributed by atoms with Crippen LogP contribution in [-0.2, 0) is 0 Å². The van der Waals surface area contributed by atoms with E-state index in [1.807, 2.05) is 27.9 Å². The van der Waals surface area contributed by atoms with Crippen LogP contribution >= 0.6 is 0 Å². The van der Waals surface area contributed by atoms with Crippen molar-refractivity contribution in [1.82, 2.24) is 10.6 Å². The van der Waals surface area contributed by atoms with E-state index >= 15 is 0 Å². The Morgan fingerprint density at radius 3 is 1.21 bits per heavy atom. The summed E-state index contributed by atoms with van der Waals surface area (Å²) in [7, 11) is 3.89. The van der Waals surface area contributed by atoms with E-state index in [9.17, 15) is 4.39 Å². The Labute approximate surface area is 90.7 Å². The summed E-state index contributed by atoms with van der Waals surface area (Å²) < 4.78 is 10.3. The molecule has 3 heteroatoms. The number of halogens is 1. The van der Waals surface area contributed by atoms with Gasteiger partial charge in [0.2, 0.25) is 0 Å². The molecule has 0 rings (SSSR count). The van der Waals surface area contributed by atoms with Gasteiger partial charge in [0.15, 0.2) is 0 Å². The van der Waals surface area contributed by atoms with Crippen molar-refractivity contribution in [3.05, 3.63) is 0 Å². The second-order valence-electron chi connectivity index (χ2n) is 2.08. The highest BCUT2D eigenvalue weighted by molar-refractivity contribution is 4.28. The largest absolute Gasteiger partial charge is 0.320 e. The smallest absolute Gasteiger partial charge is 0.0866 e. The van der Waals surface area contributed by atoms with E-state index < -0.39 is 0 Å². The predicted octanol–water partition coefficient (Wildman–Crippen LogP) is 2.84. The molecular formula is C11H31FN2. The van der Waals surface area contributed by atoms with Gasteiger partial charge in [0, 0.05) is 0 Å². The van der Waals surface area contributed by atoms with Gasteiger partial charge in [-0.3, -0.25) is 4.39 Å². The Morgan fingerprint density at radius 1 is 0.929 bits per heavy atom. The molecule has 92 valence electrons. The molecule has 0 aromatic rings. The number of alkyl halides is 1. The molecule has 0 saturated carbocycles. The summed E-state index contributed by atoms with van der Waals surface area (Å²) in [5, 5.41) is 5.95. The van der Waals surface area contributed by atoms with Gasteiger partial charge in [0.05, 0.1) is 6.67 Å². The zero-order valence-corrected chi connectivity index (χ0v) is 11.2. The fourth-order valence-corrected chi connectivity index (χ4v) is 0.250. The van der Waals surface area contributed by atoms with Gasteiger partial charge < -0.3 is 10.6 Å². The zero-order valence-electron chi connectivity index (χ0n) is 11.2. The molecule has 0 radical (unpaired) electrons. The second-order valence-corrected chi connectivity index (χ2v) is 2.08. The topological polar surface area (TPSA) is 24.1 Å². The van der Waals surface area contributed by atoms with Crippen molar-refractivity contribution < 1.29 is 4.39 Å². The third kappa shape index (κ3) is 172. The van der Waals surface area contributed by atoms with Crippen LogP contribution in [0.2, 0.25) is 0 Å². The summed E-state index contributed by atoms with van der Waals surface area (Å²) in [6.45, 7) is 11.6. The van der Waals surface area contributed by atoms with E-state index in [2.05, 4.69) is 24.5 Å². The first kappa shape index (κ1) is 23.6. The van der Waals surface area contributed by atoms with E-state index in [0.29, 0.717) is 0 Å². The van der Waals surface area contributed by atoms with Gasteiger partial charge in [-0.25, -0.2) is 0 Å². The van der Waals surface area contributed by atoms with Crippen molar-refractivity contribution >= 4 is 0 Å². The molecule has 0 amide bonds. The first-order chi connectivity index (χ1) is 6.74. The third-order valence-corrected chi connectivity index (χ3v) is 0.854. The summed E-state index contributed by atoms with van der Waals surface area (Å²) in [4.78, 5) is 0. The van der Waals surface area contributed by atoms with Crippen molar-refractivity contribution in [2.24, 2.45) is 0 Å². The van der Waals surface area contributed by atoms with Gasteiger partial charge in [-0.15, -0.1) is 0 Å². The lowest BCUT2D eigenvalue weighted by Crippen LogP contribution is -2.04. The van der Waals surface area contributed by atoms with E-state index in [4.69, 9.17) is 0 Å². The maximum atomic E-state index is 10.3. The van der Waals surface area contributed by atoms with Crippen LogP contribution in [0.3, 0.4) is 0 Å². The minimum Gasteiger partial charge on any atom is -0.320 e. The molecule has 0 unspecified atom stereocenters. The summed E-state index contributed by atoms with van der Waals surface area (Å²) in [5.74, 6) is 0. The van der Waals surface area contributed by atoms with Crippen LogP contribution in [-0.4, -0.2) is 33.9 Å². The molecule has 0 heterocycles. The maximum Gasteiger partial charge on any atom is 0.0866 e. The number of hydrogen-bond acceptors (Lipinski definition) is 2. The second kappa shape index (κ2) is 52.7. The quantitative estimate of drug-likeness (QED) is 0.748. The Kier molecular flexibility index (Phi) is 88.8. The van der Waals surface area contributed by atoms with Crippen molar-refractivity contribution in [3.8, 4) is 0 Å². The fourth-order valence-electron chi connectivity index (χ4n) is 0.250. The van der Waals surface area contributed by atoms with Crippen LogP contribution < -0.4 is 10.6 Å². The molecule has 0 spiro atoms. The van der Waals surface area contributed by atoms with Crippen LogP contribution in [0.25, 0.3) is 0 Å². The van der Waals surface area contributed by atoms with E-state index in [0.717, 1.165) is 13.1 Å². The van der Waals surface area contributed by atoms with Crippen LogP contribution in [0.15, 0.2) is 0 Å². The van der Waals surface area contributed by atoms with Crippen LogP contribution in [0.5, 0.6) is 0 Å². The molecule has 0 aliphatic heterocycles. The Balaban J connectivity index is -0.0000000505. The van der Waals surface area contributed by atoms with E-state index in [-0.39, 0.29) is 6.67 Å². The molecule has 0 atom stereocenters. The summed E-state index contributed by atoms with van der Waals surface area (Å²) in [6.07, 6.45) is 1.23. The highest BCUT2D eigenvalue weighted by Gasteiger charge is 1.64. The summed E-state index contributed by atoms with van der Waals surface area (Å²) >= 11 is 0. The average Bonchev–Trinajstić information content (AvgIpc) is 2.24. The van der Waals surface area contributed by atoms with Gasteiger partial charge in [-0.05, 0) is 40.5 Å². The van der Waals surface area contributed by atoms with Crippen molar-refractivity contribution in [2.75, 3.05) is 33.9 Å². The molecule has 2 N–H and O–H groups in total. The van der Waals surface area contributed by atoms with Crippen molar-refractivity contribution in [1.29, 1.82) is 0 Å². The highest BCUT2D eigenvalue weighted by atomic mass is 19.1. The zero-order chi connectivity index (χ0) is 12.2. The standard InChI is InChI=1S/C4H11N.C3H9N.C2H5F.C2H6/c1-3-4-5-2;1-3-4-2;1-2-3;1-2/h5H,3-4H2,1-2H3;4H,3H2,1-2H3;2H2,1H3;1-2H3. The normalized spacial score (nSPS) is 6.86. The van der Waals surface area contributed by atoms with Crippen molar-refractivity contribution in [2.45, 2.75) is 41.0 Å². The van der Waals surface area contributed by atoms with Crippen LogP contribution in [0.4, 0.5) is 4.39 Å². The first-order valence-electron chi connectivity index (χ1n) is 5.60. The van der Waals surface area contributed by atoms with Gasteiger partial charge in [0.25, 0.3) is 0 Å². The SMILES string of the molecule is CC.CCCNC.CCF.CCNC. The van der Waals surface area contributed by atoms with Gasteiger partial charge in [0.1, 0.15) is 0 Å². The molecule has 0 aliphatic carbocycles. The Bertz CT molecular complexity index is 40.3. The number of hydrogen-bond donors (Lipinski definition) is 2. The minimum absolute atomic E-state index is 0.250. The lowest BCUT2D eigenvalue weighted by Gasteiger charge is -1.84. The maximum absolute atomic E-state index is 10.3. The number of nitrogens with one attached hydrogen (secondary N) is 2. The summed E-state index contributed by atoms with van der Waals surface area (Å²) in [5.41, 5.74) is 0. The molecule has 0 fully saturated rings. The van der Waals surface area contributed by atoms with Gasteiger partial charge >= 0.3 is 0 Å². The lowest BCUT2D eigenvalue weighted by molar-refractivity contribution is 0.527. The molecule has 14 heavy (non-hydrogen) atoms. The lowest BCUT2D eigenvalue weighted by atomic mass is 10.5. The molecule has 0 aliphatic rings. The average molecular weight is 210 g/mol. The minimum atomic E-state index is -0.250. The fraction of sp³-hybridized carbons (Fsp3) is 1.00. The molecule has 0 bridgehead atoms. The monoisotopic (exact) mass is 210 g/mol. The Morgan fingerprint density at radius 2 is 1.21 bits per heavy atom. The van der Waals surface area contributed by atoms with Gasteiger partial charge in [-0.1, -0.05) is 27.7 Å². The molecule has 0 aromatic heterocycles. The van der Waals surface area contributed by atoms with Crippen LogP contribution in [0, 0.1) is 0 Å². The third-order valence-electron chi connectivity index (χ3n) is 0.854. The first-order valence-corrected chi connectivity index (χ1v) is 5.60. The summed E-state index contributed by atoms with van der Waals surface area (Å²) in [6, 6.07) is 0. The highest BCUT2D eigenvalue weighted by Crippen LogP contribution is 1.62. The number of rotatable bonds is 3. The van der Waals surface area contributed by atoms with E-state index in [1.165, 1.54) is 13.3 Å². The van der Waals surface area contributed by atoms with E-state index in [1.54, 1.807) is 0 Å². The molecule has 2 nitrogen and oxygen atoms in total. The Hall–Kier alpha value is -0.150. The van der Waals surface area contributed by atoms with Crippen LogP contribution in [0.1, 0.15) is 41.0 Å². The molecular weight excluding hydrogens is 179 g/mol. The van der Waals surface area contributed by atoms with Crippen molar-refractivity contribution in [3.63, 3.8) is 0 Å². The predicted molar refractivity (Wildman–Crippen MR) is 66.8 cm³/mol. The molecule has 0 saturated heterocycles. The van der Waals surface area contributed by atoms with Gasteiger partial charge in [-0.2, -0.15) is 0 Å². The molecule has 0 aromatic carbocycles.